The van der Waals surface area contributed by atoms with Gasteiger partial charge in [-0.25, -0.2) is 0 Å². The molecule has 4 heteroatoms. The van der Waals surface area contributed by atoms with E-state index in [0.29, 0.717) is 13.2 Å². The summed E-state index contributed by atoms with van der Waals surface area (Å²) < 4.78 is 16.4. The van der Waals surface area contributed by atoms with E-state index in [9.17, 15) is 5.11 Å². The van der Waals surface area contributed by atoms with Gasteiger partial charge in [0.25, 0.3) is 0 Å². The molecule has 0 aromatic heterocycles. The molecule has 1 unspecified atom stereocenters. The van der Waals surface area contributed by atoms with Crippen molar-refractivity contribution in [3.05, 3.63) is 12.3 Å². The Labute approximate surface area is 83.5 Å². The largest absolute Gasteiger partial charge is 0.495 e. The summed E-state index contributed by atoms with van der Waals surface area (Å²) in [6, 6.07) is 0. The fraction of sp³-hybridized carbons (Fsp3) is 0.800. The number of rotatable bonds is 0. The lowest BCUT2D eigenvalue weighted by atomic mass is 9.95. The zero-order valence-electron chi connectivity index (χ0n) is 8.47. The Balaban J connectivity index is 2.09. The van der Waals surface area contributed by atoms with E-state index in [0.717, 1.165) is 0 Å². The Hall–Kier alpha value is -0.580. The highest BCUT2D eigenvalue weighted by atomic mass is 16.7. The molecule has 0 radical (unpaired) electrons. The van der Waals surface area contributed by atoms with E-state index in [2.05, 4.69) is 0 Å². The minimum atomic E-state index is -0.583. The predicted molar refractivity (Wildman–Crippen MR) is 49.5 cm³/mol. The Kier molecular flexibility index (Phi) is 2.51. The van der Waals surface area contributed by atoms with Gasteiger partial charge >= 0.3 is 0 Å². The van der Waals surface area contributed by atoms with Crippen molar-refractivity contribution in [3.63, 3.8) is 0 Å². The first-order chi connectivity index (χ1) is 6.58. The van der Waals surface area contributed by atoms with Gasteiger partial charge in [0.15, 0.2) is 5.79 Å². The van der Waals surface area contributed by atoms with E-state index in [1.54, 1.807) is 6.08 Å². The van der Waals surface area contributed by atoms with E-state index < -0.39 is 11.9 Å². The molecule has 14 heavy (non-hydrogen) atoms. The third-order valence-electron chi connectivity index (χ3n) is 2.66. The molecule has 2 rings (SSSR count). The molecule has 4 nitrogen and oxygen atoms in total. The fourth-order valence-electron chi connectivity index (χ4n) is 1.68. The summed E-state index contributed by atoms with van der Waals surface area (Å²) in [5.41, 5.74) is 0. The maximum Gasteiger partial charge on any atom is 0.162 e. The first kappa shape index (κ1) is 9.96. The topological polar surface area (TPSA) is 47.9 Å². The molecule has 0 aliphatic carbocycles. The Bertz CT molecular complexity index is 236. The Morgan fingerprint density at radius 1 is 1.29 bits per heavy atom. The van der Waals surface area contributed by atoms with Crippen LogP contribution in [0, 0.1) is 5.92 Å². The number of ether oxygens (including phenoxy) is 3. The summed E-state index contributed by atoms with van der Waals surface area (Å²) >= 11 is 0. The summed E-state index contributed by atoms with van der Waals surface area (Å²) in [6.45, 7) is 4.65. The maximum atomic E-state index is 9.70. The second-order valence-electron chi connectivity index (χ2n) is 4.18. The van der Waals surface area contributed by atoms with Crippen LogP contribution in [0.25, 0.3) is 0 Å². The van der Waals surface area contributed by atoms with Gasteiger partial charge in [-0.1, -0.05) is 0 Å². The van der Waals surface area contributed by atoms with Crippen LogP contribution >= 0.6 is 0 Å². The highest BCUT2D eigenvalue weighted by molar-refractivity contribution is 4.97. The van der Waals surface area contributed by atoms with Gasteiger partial charge < -0.3 is 19.3 Å². The van der Waals surface area contributed by atoms with E-state index in [4.69, 9.17) is 14.2 Å². The van der Waals surface area contributed by atoms with Crippen LogP contribution in [0.5, 0.6) is 0 Å². The molecule has 0 saturated carbocycles. The molecule has 1 N–H and O–H groups in total. The standard InChI is InChI=1S/C10H16O4/c1-10(2)13-5-7-8(11)3-4-12-9(7)6-14-10/h3-4,7-9,11H,5-6H2,1-2H3/t7-,8?,9+/m0/s1. The first-order valence-corrected chi connectivity index (χ1v) is 4.87. The van der Waals surface area contributed by atoms with E-state index in [1.165, 1.54) is 6.26 Å². The van der Waals surface area contributed by atoms with Crippen molar-refractivity contribution >= 4 is 0 Å². The molecule has 1 fully saturated rings. The highest BCUT2D eigenvalue weighted by Gasteiger charge is 2.37. The molecule has 80 valence electrons. The summed E-state index contributed by atoms with van der Waals surface area (Å²) in [6.07, 6.45) is 2.58. The minimum absolute atomic E-state index is 0.0261. The number of hydrogen-bond donors (Lipinski definition) is 1. The van der Waals surface area contributed by atoms with Crippen LogP contribution in [-0.4, -0.2) is 36.3 Å². The fourth-order valence-corrected chi connectivity index (χ4v) is 1.68. The lowest BCUT2D eigenvalue weighted by Crippen LogP contribution is -2.38. The van der Waals surface area contributed by atoms with Crippen molar-refractivity contribution < 1.29 is 19.3 Å². The first-order valence-electron chi connectivity index (χ1n) is 4.87. The average Bonchev–Trinajstić information content (AvgIpc) is 2.27. The number of fused-ring (bicyclic) bond motifs is 1. The van der Waals surface area contributed by atoms with E-state index in [-0.39, 0.29) is 12.0 Å². The number of aliphatic hydroxyl groups excluding tert-OH is 1. The molecule has 0 bridgehead atoms. The van der Waals surface area contributed by atoms with Crippen LogP contribution in [0.4, 0.5) is 0 Å². The quantitative estimate of drug-likeness (QED) is 0.624. The second-order valence-corrected chi connectivity index (χ2v) is 4.18. The number of hydrogen-bond acceptors (Lipinski definition) is 4. The molecule has 2 aliphatic rings. The Morgan fingerprint density at radius 3 is 2.79 bits per heavy atom. The SMILES string of the molecule is CC1(C)OC[C@H]2OC=CC(O)[C@@H]2CO1. The summed E-state index contributed by atoms with van der Waals surface area (Å²) in [4.78, 5) is 0. The van der Waals surface area contributed by atoms with Crippen LogP contribution in [0.3, 0.4) is 0 Å². The summed E-state index contributed by atoms with van der Waals surface area (Å²) in [5, 5.41) is 9.70. The molecule has 2 aliphatic heterocycles. The molecular formula is C10H16O4. The molecule has 2 heterocycles. The zero-order chi connectivity index (χ0) is 10.2. The third kappa shape index (κ3) is 1.92. The smallest absolute Gasteiger partial charge is 0.162 e. The molecule has 1 saturated heterocycles. The highest BCUT2D eigenvalue weighted by Crippen LogP contribution is 2.27. The van der Waals surface area contributed by atoms with E-state index in [1.807, 2.05) is 13.8 Å². The van der Waals surface area contributed by atoms with Crippen molar-refractivity contribution in [2.45, 2.75) is 31.8 Å². The van der Waals surface area contributed by atoms with Crippen LogP contribution < -0.4 is 0 Å². The van der Waals surface area contributed by atoms with Gasteiger partial charge in [-0.15, -0.1) is 0 Å². The van der Waals surface area contributed by atoms with Crippen molar-refractivity contribution in [1.82, 2.24) is 0 Å². The van der Waals surface area contributed by atoms with Crippen molar-refractivity contribution in [3.8, 4) is 0 Å². The van der Waals surface area contributed by atoms with Crippen LogP contribution in [0.1, 0.15) is 13.8 Å². The van der Waals surface area contributed by atoms with Gasteiger partial charge in [-0.2, -0.15) is 0 Å². The summed E-state index contributed by atoms with van der Waals surface area (Å²) in [7, 11) is 0. The second kappa shape index (κ2) is 3.53. The predicted octanol–water partition coefficient (Wildman–Crippen LogP) is 0.659. The molecule has 0 amide bonds. The van der Waals surface area contributed by atoms with Gasteiger partial charge in [0.1, 0.15) is 6.10 Å². The monoisotopic (exact) mass is 200 g/mol. The average molecular weight is 200 g/mol. The van der Waals surface area contributed by atoms with Crippen LogP contribution in [0.15, 0.2) is 12.3 Å². The minimum Gasteiger partial charge on any atom is -0.495 e. The summed E-state index contributed by atoms with van der Waals surface area (Å²) in [5.74, 6) is -0.609. The molecular weight excluding hydrogens is 184 g/mol. The van der Waals surface area contributed by atoms with Crippen molar-refractivity contribution in [1.29, 1.82) is 0 Å². The van der Waals surface area contributed by atoms with Crippen LogP contribution in [-0.2, 0) is 14.2 Å². The van der Waals surface area contributed by atoms with Gasteiger partial charge in [0, 0.05) is 0 Å². The van der Waals surface area contributed by atoms with Crippen LogP contribution in [0.2, 0.25) is 0 Å². The maximum absolute atomic E-state index is 9.70. The van der Waals surface area contributed by atoms with Gasteiger partial charge in [0.05, 0.1) is 31.5 Å². The molecule has 3 atom stereocenters. The third-order valence-corrected chi connectivity index (χ3v) is 2.66. The molecule has 0 aromatic rings. The van der Waals surface area contributed by atoms with Gasteiger partial charge in [0.2, 0.25) is 0 Å². The normalized spacial score (nSPS) is 40.9. The van der Waals surface area contributed by atoms with Crippen molar-refractivity contribution in [2.75, 3.05) is 13.2 Å². The van der Waals surface area contributed by atoms with E-state index >= 15 is 0 Å². The lowest BCUT2D eigenvalue weighted by molar-refractivity contribution is -0.204. The molecule has 0 spiro atoms. The number of aliphatic hydroxyl groups is 1. The Morgan fingerprint density at radius 2 is 2.00 bits per heavy atom. The lowest BCUT2D eigenvalue weighted by Gasteiger charge is -2.29. The zero-order valence-corrected chi connectivity index (χ0v) is 8.47. The van der Waals surface area contributed by atoms with Gasteiger partial charge in [-0.05, 0) is 19.9 Å². The van der Waals surface area contributed by atoms with Crippen molar-refractivity contribution in [2.24, 2.45) is 5.92 Å². The molecule has 0 aromatic carbocycles. The van der Waals surface area contributed by atoms with Gasteiger partial charge in [-0.3, -0.25) is 0 Å².